The number of nitrogens with zero attached hydrogens (tertiary/aromatic N) is 1. The fourth-order valence-corrected chi connectivity index (χ4v) is 3.41. The molecule has 134 valence electrons. The maximum atomic E-state index is 12.4. The van der Waals surface area contributed by atoms with Crippen molar-refractivity contribution < 1.29 is 19.1 Å². The number of hydrogen-bond donors (Lipinski definition) is 3. The van der Waals surface area contributed by atoms with E-state index in [2.05, 4.69) is 15.6 Å². The average Bonchev–Trinajstić information content (AvgIpc) is 2.84. The molecule has 9 heteroatoms. The molecule has 0 aromatic carbocycles. The van der Waals surface area contributed by atoms with Gasteiger partial charge in [0.25, 0.3) is 5.91 Å². The van der Waals surface area contributed by atoms with Crippen molar-refractivity contribution in [3.8, 4) is 0 Å². The van der Waals surface area contributed by atoms with Crippen molar-refractivity contribution in [1.29, 1.82) is 0 Å². The predicted octanol–water partition coefficient (Wildman–Crippen LogP) is 1.89. The molecule has 0 spiro atoms. The van der Waals surface area contributed by atoms with Crippen molar-refractivity contribution in [2.24, 2.45) is 0 Å². The molecule has 1 atom stereocenters. The number of rotatable bonds is 4. The Labute approximate surface area is 148 Å². The van der Waals surface area contributed by atoms with Gasteiger partial charge in [0.2, 0.25) is 0 Å². The molecule has 0 radical (unpaired) electrons. The van der Waals surface area contributed by atoms with Crippen LogP contribution >= 0.6 is 11.3 Å². The normalized spacial score (nSPS) is 11.8. The predicted molar refractivity (Wildman–Crippen MR) is 95.6 cm³/mol. The van der Waals surface area contributed by atoms with Gasteiger partial charge in [0.15, 0.2) is 6.10 Å². The van der Waals surface area contributed by atoms with Crippen LogP contribution in [0.5, 0.6) is 0 Å². The zero-order valence-corrected chi connectivity index (χ0v) is 15.2. The number of hydrogen-bond acceptors (Lipinski definition) is 7. The van der Waals surface area contributed by atoms with E-state index in [9.17, 15) is 14.4 Å². The summed E-state index contributed by atoms with van der Waals surface area (Å²) in [6.07, 6.45) is -1.14. The lowest BCUT2D eigenvalue weighted by Gasteiger charge is -2.12. The van der Waals surface area contributed by atoms with Crippen LogP contribution in [-0.2, 0) is 9.53 Å². The summed E-state index contributed by atoms with van der Waals surface area (Å²) in [6.45, 7) is 7.21. The molecule has 2 aromatic rings. The fraction of sp³-hybridized carbons (Fsp3) is 0.375. The van der Waals surface area contributed by atoms with Gasteiger partial charge >= 0.3 is 12.0 Å². The van der Waals surface area contributed by atoms with E-state index in [1.165, 1.54) is 6.92 Å². The number of pyridine rings is 1. The van der Waals surface area contributed by atoms with Gasteiger partial charge in [-0.05, 0) is 39.3 Å². The van der Waals surface area contributed by atoms with E-state index in [0.717, 1.165) is 22.6 Å². The van der Waals surface area contributed by atoms with Gasteiger partial charge in [-0.3, -0.25) is 10.1 Å². The molecule has 0 bridgehead atoms. The minimum atomic E-state index is -1.14. The lowest BCUT2D eigenvalue weighted by molar-refractivity contribution is -0.127. The summed E-state index contributed by atoms with van der Waals surface area (Å²) in [4.78, 5) is 40.8. The highest BCUT2D eigenvalue weighted by Gasteiger charge is 2.25. The number of ether oxygens (including phenoxy) is 1. The van der Waals surface area contributed by atoms with Crippen LogP contribution in [-0.4, -0.2) is 35.5 Å². The molecule has 25 heavy (non-hydrogen) atoms. The van der Waals surface area contributed by atoms with Crippen LogP contribution in [0.15, 0.2) is 6.07 Å². The number of anilines is 1. The zero-order chi connectivity index (χ0) is 18.7. The van der Waals surface area contributed by atoms with E-state index in [1.807, 2.05) is 19.9 Å². The average molecular weight is 364 g/mol. The number of imide groups is 1. The van der Waals surface area contributed by atoms with Gasteiger partial charge in [0, 0.05) is 17.6 Å². The van der Waals surface area contributed by atoms with Crippen molar-refractivity contribution in [2.45, 2.75) is 33.8 Å². The molecular formula is C16H20N4O4S. The van der Waals surface area contributed by atoms with Gasteiger partial charge in [0.1, 0.15) is 9.71 Å². The fourth-order valence-electron chi connectivity index (χ4n) is 2.31. The first-order valence-corrected chi connectivity index (χ1v) is 8.52. The summed E-state index contributed by atoms with van der Waals surface area (Å²) in [5, 5.41) is 5.22. The lowest BCUT2D eigenvalue weighted by Crippen LogP contribution is -2.44. The third-order valence-electron chi connectivity index (χ3n) is 3.44. The van der Waals surface area contributed by atoms with E-state index >= 15 is 0 Å². The summed E-state index contributed by atoms with van der Waals surface area (Å²) in [5.41, 5.74) is 8.09. The van der Waals surface area contributed by atoms with Crippen LogP contribution in [0.2, 0.25) is 0 Å². The van der Waals surface area contributed by atoms with E-state index < -0.39 is 24.0 Å². The number of carbonyl (C=O) groups excluding carboxylic acids is 3. The number of urea groups is 1. The molecule has 4 N–H and O–H groups in total. The molecule has 8 nitrogen and oxygen atoms in total. The largest absolute Gasteiger partial charge is 0.448 e. The second-order valence-corrected chi connectivity index (χ2v) is 6.50. The van der Waals surface area contributed by atoms with Crippen LogP contribution in [0, 0.1) is 13.8 Å². The summed E-state index contributed by atoms with van der Waals surface area (Å²) < 4.78 is 5.13. The Morgan fingerprint density at radius 2 is 2.04 bits per heavy atom. The lowest BCUT2D eigenvalue weighted by atomic mass is 10.1. The molecule has 0 aliphatic carbocycles. The smallest absolute Gasteiger partial charge is 0.351 e. The first kappa shape index (κ1) is 18.7. The van der Waals surface area contributed by atoms with Crippen molar-refractivity contribution in [2.75, 3.05) is 12.3 Å². The molecule has 0 saturated heterocycles. The third kappa shape index (κ3) is 4.05. The molecule has 2 heterocycles. The molecule has 3 amide bonds. The summed E-state index contributed by atoms with van der Waals surface area (Å²) in [7, 11) is 0. The highest BCUT2D eigenvalue weighted by atomic mass is 32.1. The van der Waals surface area contributed by atoms with Gasteiger partial charge in [-0.1, -0.05) is 0 Å². The topological polar surface area (TPSA) is 123 Å². The number of aromatic nitrogens is 1. The maximum absolute atomic E-state index is 12.4. The van der Waals surface area contributed by atoms with E-state index in [4.69, 9.17) is 10.5 Å². The van der Waals surface area contributed by atoms with Crippen LogP contribution in [0.25, 0.3) is 10.2 Å². The van der Waals surface area contributed by atoms with Crippen molar-refractivity contribution >= 4 is 45.1 Å². The molecule has 0 fully saturated rings. The molecule has 0 saturated carbocycles. The summed E-state index contributed by atoms with van der Waals surface area (Å²) in [6, 6.07) is 1.23. The number of carbonyl (C=O) groups is 3. The van der Waals surface area contributed by atoms with Crippen LogP contribution in [0.3, 0.4) is 0 Å². The molecule has 1 unspecified atom stereocenters. The highest BCUT2D eigenvalue weighted by Crippen LogP contribution is 2.35. The van der Waals surface area contributed by atoms with Crippen molar-refractivity contribution in [3.05, 3.63) is 22.2 Å². The maximum Gasteiger partial charge on any atom is 0.351 e. The molecule has 2 rings (SSSR count). The number of amides is 3. The van der Waals surface area contributed by atoms with Gasteiger partial charge < -0.3 is 15.8 Å². The Bertz CT molecular complexity index is 846. The van der Waals surface area contributed by atoms with E-state index in [-0.39, 0.29) is 10.6 Å². The number of thiophene rings is 1. The number of fused-ring (bicyclic) bond motifs is 1. The van der Waals surface area contributed by atoms with Gasteiger partial charge in [-0.25, -0.2) is 14.6 Å². The molecule has 2 aromatic heterocycles. The van der Waals surface area contributed by atoms with Gasteiger partial charge in [0.05, 0.1) is 5.69 Å². The van der Waals surface area contributed by atoms with Crippen molar-refractivity contribution in [1.82, 2.24) is 15.6 Å². The Balaban J connectivity index is 2.17. The highest BCUT2D eigenvalue weighted by molar-refractivity contribution is 7.21. The second kappa shape index (κ2) is 7.47. The van der Waals surface area contributed by atoms with E-state index in [1.54, 1.807) is 6.92 Å². The second-order valence-electron chi connectivity index (χ2n) is 5.50. The summed E-state index contributed by atoms with van der Waals surface area (Å²) in [5.74, 6) is -1.44. The third-order valence-corrected chi connectivity index (χ3v) is 4.52. The Morgan fingerprint density at radius 1 is 1.36 bits per heavy atom. The number of nitrogen functional groups attached to an aromatic ring is 1. The summed E-state index contributed by atoms with van der Waals surface area (Å²) >= 11 is 1.11. The van der Waals surface area contributed by atoms with Gasteiger partial charge in [-0.15, -0.1) is 11.3 Å². The van der Waals surface area contributed by atoms with Crippen LogP contribution in [0.4, 0.5) is 10.5 Å². The van der Waals surface area contributed by atoms with Crippen molar-refractivity contribution in [3.63, 3.8) is 0 Å². The molecule has 0 aliphatic rings. The van der Waals surface area contributed by atoms with Gasteiger partial charge in [-0.2, -0.15) is 0 Å². The Kier molecular flexibility index (Phi) is 5.58. The molecular weight excluding hydrogens is 344 g/mol. The first-order chi connectivity index (χ1) is 11.7. The standard InChI is InChI=1S/C16H20N4O4S/c1-5-18-16(23)20-13(21)9(4)24-15(22)12-11(17)10-7(2)6-8(3)19-14(10)25-12/h6,9H,5,17H2,1-4H3,(H2,18,20,21,23). The Morgan fingerprint density at radius 3 is 2.68 bits per heavy atom. The van der Waals surface area contributed by atoms with Crippen LogP contribution < -0.4 is 16.4 Å². The first-order valence-electron chi connectivity index (χ1n) is 7.70. The minimum absolute atomic E-state index is 0.189. The Hall–Kier alpha value is -2.68. The molecule has 0 aliphatic heterocycles. The SMILES string of the molecule is CCNC(=O)NC(=O)C(C)OC(=O)c1sc2nc(C)cc(C)c2c1N. The zero-order valence-electron chi connectivity index (χ0n) is 14.4. The quantitative estimate of drug-likeness (QED) is 0.712. The minimum Gasteiger partial charge on any atom is -0.448 e. The number of aryl methyl sites for hydroxylation is 2. The monoisotopic (exact) mass is 364 g/mol. The number of esters is 1. The number of nitrogens with two attached hydrogens (primary N) is 1. The van der Waals surface area contributed by atoms with Crippen LogP contribution in [0.1, 0.15) is 34.8 Å². The number of nitrogens with one attached hydrogen (secondary N) is 2. The van der Waals surface area contributed by atoms with E-state index in [0.29, 0.717) is 16.8 Å².